The van der Waals surface area contributed by atoms with E-state index in [4.69, 9.17) is 11.6 Å². The van der Waals surface area contributed by atoms with Crippen molar-refractivity contribution in [1.29, 1.82) is 0 Å². The summed E-state index contributed by atoms with van der Waals surface area (Å²) < 4.78 is 0. The second-order valence-electron chi connectivity index (χ2n) is 8.32. The summed E-state index contributed by atoms with van der Waals surface area (Å²) in [5, 5.41) is 8.63. The van der Waals surface area contributed by atoms with Gasteiger partial charge in [0.15, 0.2) is 0 Å². The lowest BCUT2D eigenvalue weighted by molar-refractivity contribution is -0.132. The fourth-order valence-electron chi connectivity index (χ4n) is 4.17. The molecule has 0 bridgehead atoms. The minimum absolute atomic E-state index is 0.234. The zero-order valence-corrected chi connectivity index (χ0v) is 19.0. The smallest absolute Gasteiger partial charge is 0.315 e. The highest BCUT2D eigenvalue weighted by Crippen LogP contribution is 2.29. The monoisotopic (exact) mass is 468 g/mol. The van der Waals surface area contributed by atoms with Crippen LogP contribution in [0.4, 0.5) is 4.79 Å². The Morgan fingerprint density at radius 1 is 1.15 bits per heavy atom. The first-order valence-electron chi connectivity index (χ1n) is 10.9. The van der Waals surface area contributed by atoms with E-state index < -0.39 is 11.9 Å². The van der Waals surface area contributed by atoms with Crippen LogP contribution in [0.5, 0.6) is 0 Å². The first-order valence-corrected chi connectivity index (χ1v) is 11.2. The maximum Gasteiger partial charge on any atom is 0.315 e. The molecule has 2 heterocycles. The van der Waals surface area contributed by atoms with Gasteiger partial charge in [-0.15, -0.1) is 0 Å². The first-order chi connectivity index (χ1) is 15.8. The Labute approximate surface area is 196 Å². The fraction of sp³-hybridized carbons (Fsp3) is 0.333. The van der Waals surface area contributed by atoms with E-state index in [2.05, 4.69) is 16.0 Å². The molecule has 2 aromatic carbocycles. The van der Waals surface area contributed by atoms with E-state index >= 15 is 0 Å². The topological polar surface area (TPSA) is 108 Å². The molecule has 0 saturated carbocycles. The molecule has 8 nitrogen and oxygen atoms in total. The highest BCUT2D eigenvalue weighted by Gasteiger charge is 2.38. The van der Waals surface area contributed by atoms with Crippen molar-refractivity contribution in [1.82, 2.24) is 20.9 Å². The molecule has 2 aliphatic heterocycles. The molecular weight excluding hydrogens is 444 g/mol. The molecule has 0 radical (unpaired) electrons. The number of hydrogen-bond donors (Lipinski definition) is 3. The largest absolute Gasteiger partial charge is 0.334 e. The molecule has 33 heavy (non-hydrogen) atoms. The van der Waals surface area contributed by atoms with Gasteiger partial charge in [-0.1, -0.05) is 35.9 Å². The number of benzene rings is 2. The maximum absolute atomic E-state index is 13.0. The molecule has 1 atom stereocenters. The number of urea groups is 1. The van der Waals surface area contributed by atoms with Gasteiger partial charge in [0, 0.05) is 36.6 Å². The molecule has 1 saturated heterocycles. The Kier molecular flexibility index (Phi) is 6.65. The zero-order valence-electron chi connectivity index (χ0n) is 18.2. The Morgan fingerprint density at radius 2 is 1.94 bits per heavy atom. The highest BCUT2D eigenvalue weighted by atomic mass is 35.5. The molecule has 0 aromatic heterocycles. The number of amides is 5. The van der Waals surface area contributed by atoms with E-state index in [0.717, 1.165) is 22.3 Å². The summed E-state index contributed by atoms with van der Waals surface area (Å²) in [4.78, 5) is 50.9. The second-order valence-corrected chi connectivity index (χ2v) is 8.72. The van der Waals surface area contributed by atoms with Crippen molar-refractivity contribution >= 4 is 35.4 Å². The second kappa shape index (κ2) is 9.62. The average Bonchev–Trinajstić information content (AvgIpc) is 3.02. The van der Waals surface area contributed by atoms with Gasteiger partial charge in [0.2, 0.25) is 11.8 Å². The summed E-state index contributed by atoms with van der Waals surface area (Å²) in [6.07, 6.45) is 1.26. The molecule has 9 heteroatoms. The van der Waals surface area contributed by atoms with E-state index in [9.17, 15) is 19.2 Å². The molecule has 5 amide bonds. The first kappa shape index (κ1) is 22.8. The number of nitrogens with zero attached hydrogens (tertiary/aromatic N) is 1. The van der Waals surface area contributed by atoms with Gasteiger partial charge < -0.3 is 15.5 Å². The van der Waals surface area contributed by atoms with Gasteiger partial charge in [-0.2, -0.15) is 0 Å². The summed E-state index contributed by atoms with van der Waals surface area (Å²) in [5.74, 6) is -0.980. The van der Waals surface area contributed by atoms with E-state index in [0.29, 0.717) is 30.0 Å². The van der Waals surface area contributed by atoms with Gasteiger partial charge in [0.25, 0.3) is 5.91 Å². The van der Waals surface area contributed by atoms with Gasteiger partial charge in [-0.3, -0.25) is 19.7 Å². The van der Waals surface area contributed by atoms with E-state index in [1.807, 2.05) is 31.2 Å². The number of halogens is 1. The van der Waals surface area contributed by atoms with Gasteiger partial charge in [-0.05, 0) is 54.2 Å². The summed E-state index contributed by atoms with van der Waals surface area (Å²) >= 11 is 6.13. The van der Waals surface area contributed by atoms with Gasteiger partial charge >= 0.3 is 6.03 Å². The van der Waals surface area contributed by atoms with Crippen molar-refractivity contribution < 1.29 is 19.2 Å². The Morgan fingerprint density at radius 3 is 2.73 bits per heavy atom. The molecule has 2 aromatic rings. The molecule has 4 rings (SSSR count). The molecule has 172 valence electrons. The number of nitrogens with one attached hydrogen (secondary N) is 3. The third kappa shape index (κ3) is 5.01. The standard InChI is InChI=1S/C24H25ClN4O4/c1-14-8-9-15(10-19(14)25)11-26-24(33)27-12-16-4-2-5-17-18(16)13-29(23(17)32)20-6-3-7-21(30)28-22(20)31/h2,4-5,8-10,20H,3,6-7,11-13H2,1H3,(H2,26,27,33)(H,28,30,31). The van der Waals surface area contributed by atoms with Crippen LogP contribution >= 0.6 is 11.6 Å². The number of rotatable bonds is 5. The van der Waals surface area contributed by atoms with Crippen LogP contribution in [0, 0.1) is 6.92 Å². The van der Waals surface area contributed by atoms with Crippen LogP contribution in [-0.4, -0.2) is 34.7 Å². The number of aryl methyl sites for hydroxylation is 1. The number of carbonyl (C=O) groups excluding carboxylic acids is 4. The van der Waals surface area contributed by atoms with Crippen molar-refractivity contribution in [3.05, 3.63) is 69.2 Å². The quantitative estimate of drug-likeness (QED) is 0.586. The SMILES string of the molecule is Cc1ccc(CNC(=O)NCc2cccc3c2CN(C2CCCC(=O)NC2=O)C3=O)cc1Cl. The number of carbonyl (C=O) groups is 4. The third-order valence-corrected chi connectivity index (χ3v) is 6.45. The van der Waals surface area contributed by atoms with Gasteiger partial charge in [-0.25, -0.2) is 4.79 Å². The Hall–Kier alpha value is -3.39. The lowest BCUT2D eigenvalue weighted by Gasteiger charge is -2.24. The summed E-state index contributed by atoms with van der Waals surface area (Å²) in [6.45, 7) is 2.75. The van der Waals surface area contributed by atoms with Crippen molar-refractivity contribution in [3.8, 4) is 0 Å². The number of imide groups is 1. The van der Waals surface area contributed by atoms with Crippen molar-refractivity contribution in [2.45, 2.75) is 51.9 Å². The van der Waals surface area contributed by atoms with Crippen LogP contribution in [-0.2, 0) is 29.2 Å². The third-order valence-electron chi connectivity index (χ3n) is 6.04. The Bertz CT molecular complexity index is 1130. The van der Waals surface area contributed by atoms with Crippen LogP contribution in [0.3, 0.4) is 0 Å². The number of hydrogen-bond acceptors (Lipinski definition) is 4. The van der Waals surface area contributed by atoms with Crippen LogP contribution in [0.2, 0.25) is 5.02 Å². The lowest BCUT2D eigenvalue weighted by atomic mass is 10.0. The molecule has 0 aliphatic carbocycles. The van der Waals surface area contributed by atoms with Crippen molar-refractivity contribution in [2.75, 3.05) is 0 Å². The summed E-state index contributed by atoms with van der Waals surface area (Å²) in [5.41, 5.74) is 3.98. The van der Waals surface area contributed by atoms with Crippen LogP contribution < -0.4 is 16.0 Å². The molecule has 3 N–H and O–H groups in total. The minimum Gasteiger partial charge on any atom is -0.334 e. The fourth-order valence-corrected chi connectivity index (χ4v) is 4.37. The highest BCUT2D eigenvalue weighted by molar-refractivity contribution is 6.31. The predicted octanol–water partition coefficient (Wildman–Crippen LogP) is 2.80. The van der Waals surface area contributed by atoms with Crippen LogP contribution in [0.15, 0.2) is 36.4 Å². The summed E-state index contributed by atoms with van der Waals surface area (Å²) in [6, 6.07) is 9.95. The van der Waals surface area contributed by atoms with Gasteiger partial charge in [0.1, 0.15) is 6.04 Å². The predicted molar refractivity (Wildman–Crippen MR) is 122 cm³/mol. The Balaban J connectivity index is 1.39. The molecule has 1 fully saturated rings. The van der Waals surface area contributed by atoms with Gasteiger partial charge in [0.05, 0.1) is 0 Å². The molecule has 0 spiro atoms. The minimum atomic E-state index is -0.679. The van der Waals surface area contributed by atoms with E-state index in [-0.39, 0.29) is 37.4 Å². The lowest BCUT2D eigenvalue weighted by Crippen LogP contribution is -2.47. The van der Waals surface area contributed by atoms with E-state index in [1.54, 1.807) is 12.1 Å². The molecule has 1 unspecified atom stereocenters. The molecular formula is C24H25ClN4O4. The maximum atomic E-state index is 13.0. The normalized spacial score (nSPS) is 17.9. The van der Waals surface area contributed by atoms with Crippen LogP contribution in [0.1, 0.15) is 51.9 Å². The zero-order chi connectivity index (χ0) is 23.5. The number of fused-ring (bicyclic) bond motifs is 1. The van der Waals surface area contributed by atoms with Crippen molar-refractivity contribution in [3.63, 3.8) is 0 Å². The summed E-state index contributed by atoms with van der Waals surface area (Å²) in [7, 11) is 0. The van der Waals surface area contributed by atoms with Crippen LogP contribution in [0.25, 0.3) is 0 Å². The van der Waals surface area contributed by atoms with Crippen molar-refractivity contribution in [2.24, 2.45) is 0 Å². The van der Waals surface area contributed by atoms with E-state index in [1.165, 1.54) is 4.90 Å². The molecule has 2 aliphatic rings. The average molecular weight is 469 g/mol.